The summed E-state index contributed by atoms with van der Waals surface area (Å²) in [7, 11) is 5.42. The number of nitrogens with zero attached hydrogens (tertiary/aromatic N) is 3. The highest BCUT2D eigenvalue weighted by Crippen LogP contribution is 2.60. The molecule has 7 heteroatoms. The van der Waals surface area contributed by atoms with Gasteiger partial charge >= 0.3 is 0 Å². The van der Waals surface area contributed by atoms with E-state index in [0.717, 1.165) is 40.4 Å². The molecule has 3 heterocycles. The summed E-state index contributed by atoms with van der Waals surface area (Å²) in [5.74, 6) is 1.74. The van der Waals surface area contributed by atoms with Crippen molar-refractivity contribution in [3.63, 3.8) is 0 Å². The van der Waals surface area contributed by atoms with Crippen LogP contribution in [0.5, 0.6) is 5.75 Å². The van der Waals surface area contributed by atoms with Gasteiger partial charge in [-0.1, -0.05) is 42.1 Å². The number of rotatable bonds is 7. The maximum atomic E-state index is 5.72. The normalized spacial score (nSPS) is 15.7. The number of thioether (sulfide) groups is 1. The molecule has 0 N–H and O–H groups in total. The summed E-state index contributed by atoms with van der Waals surface area (Å²) in [6, 6.07) is 28.4. The minimum atomic E-state index is -0.379. The molecule has 0 amide bonds. The maximum absolute atomic E-state index is 5.72. The third kappa shape index (κ3) is 5.02. The van der Waals surface area contributed by atoms with Crippen LogP contribution >= 0.6 is 32.3 Å². The standard InChI is InChI=1S/C32H30N3OPS2/c1-34-16-15-26(33-34)25-19-22(13-14-29(25)36-3)28-20-23(24-9-4-5-10-27(24)35(28)2)21-32-37(17-8-18-38)30-11-6-7-12-31(30)39-32/h4-7,9-16,19-21H,8,17-18H2,1-3H3/p+1/b32-21+. The largest absolute Gasteiger partial charge is 0.496 e. The minimum absolute atomic E-state index is 0.379. The molecule has 1 atom stereocenters. The Labute approximate surface area is 240 Å². The number of aryl methyl sites for hydroxylation is 2. The van der Waals surface area contributed by atoms with Crippen molar-refractivity contribution in [2.24, 2.45) is 14.1 Å². The maximum Gasteiger partial charge on any atom is 0.213 e. The molecule has 0 fully saturated rings. The number of pyridine rings is 1. The van der Waals surface area contributed by atoms with Crippen LogP contribution in [0, 0.1) is 0 Å². The summed E-state index contributed by atoms with van der Waals surface area (Å²) < 4.78 is 11.3. The number of hydrogen-bond acceptors (Lipinski definition) is 4. The molecular weight excluding hydrogens is 537 g/mol. The van der Waals surface area contributed by atoms with Crippen LogP contribution < -0.4 is 14.6 Å². The van der Waals surface area contributed by atoms with Gasteiger partial charge in [-0.2, -0.15) is 22.3 Å². The lowest BCUT2D eigenvalue weighted by Crippen LogP contribution is -2.32. The molecule has 0 bridgehead atoms. The number of aromatic nitrogens is 3. The number of benzene rings is 3. The second-order valence-corrected chi connectivity index (χ2v) is 13.7. The van der Waals surface area contributed by atoms with Crippen molar-refractivity contribution < 1.29 is 9.30 Å². The summed E-state index contributed by atoms with van der Waals surface area (Å²) in [6.07, 6.45) is 6.71. The fourth-order valence-electron chi connectivity index (χ4n) is 5.24. The predicted molar refractivity (Wildman–Crippen MR) is 169 cm³/mol. The molecule has 0 saturated heterocycles. The molecular formula is C32H31N3OPS2+. The van der Waals surface area contributed by atoms with E-state index in [2.05, 4.69) is 102 Å². The Kier molecular flexibility index (Phi) is 7.53. The third-order valence-electron chi connectivity index (χ3n) is 7.17. The van der Waals surface area contributed by atoms with Crippen molar-refractivity contribution in [1.82, 2.24) is 9.78 Å². The zero-order chi connectivity index (χ0) is 26.9. The minimum Gasteiger partial charge on any atom is -0.496 e. The second-order valence-electron chi connectivity index (χ2n) is 9.63. The SMILES string of the molecule is COc1ccc(-c2cc(/C=C3/Sc4ccccc4P3CCCS)c3ccccc3[n+]2C)cc1-c1ccn(C)n1. The lowest BCUT2D eigenvalue weighted by atomic mass is 10.0. The van der Waals surface area contributed by atoms with Crippen LogP contribution in [-0.2, 0) is 14.1 Å². The van der Waals surface area contributed by atoms with E-state index in [9.17, 15) is 0 Å². The quantitative estimate of drug-likeness (QED) is 0.127. The van der Waals surface area contributed by atoms with Gasteiger partial charge < -0.3 is 4.74 Å². The molecule has 0 saturated carbocycles. The first-order chi connectivity index (χ1) is 19.1. The summed E-state index contributed by atoms with van der Waals surface area (Å²) in [5, 5.41) is 7.42. The van der Waals surface area contributed by atoms with E-state index in [-0.39, 0.29) is 7.92 Å². The van der Waals surface area contributed by atoms with Crippen molar-refractivity contribution in [3.8, 4) is 28.3 Å². The van der Waals surface area contributed by atoms with E-state index in [1.165, 1.54) is 37.5 Å². The highest BCUT2D eigenvalue weighted by molar-refractivity contribution is 8.14. The van der Waals surface area contributed by atoms with Gasteiger partial charge in [-0.05, 0) is 79.6 Å². The molecule has 1 aliphatic rings. The molecule has 1 aliphatic heterocycles. The number of hydrogen-bond donors (Lipinski definition) is 1. The molecule has 2 aromatic heterocycles. The molecule has 0 radical (unpaired) electrons. The van der Waals surface area contributed by atoms with Crippen molar-refractivity contribution in [2.45, 2.75) is 11.3 Å². The van der Waals surface area contributed by atoms with Crippen LogP contribution in [0.3, 0.4) is 0 Å². The smallest absolute Gasteiger partial charge is 0.213 e. The van der Waals surface area contributed by atoms with Gasteiger partial charge in [0.2, 0.25) is 11.2 Å². The molecule has 5 aromatic rings. The molecule has 0 spiro atoms. The van der Waals surface area contributed by atoms with E-state index >= 15 is 0 Å². The van der Waals surface area contributed by atoms with E-state index in [1.54, 1.807) is 7.11 Å². The lowest BCUT2D eigenvalue weighted by molar-refractivity contribution is -0.633. The summed E-state index contributed by atoms with van der Waals surface area (Å²) >= 11 is 6.46. The van der Waals surface area contributed by atoms with Crippen molar-refractivity contribution in [1.29, 1.82) is 0 Å². The molecule has 196 valence electrons. The van der Waals surface area contributed by atoms with Gasteiger partial charge in [0, 0.05) is 46.0 Å². The number of thiol groups is 1. The fourth-order valence-corrected chi connectivity index (χ4v) is 10.2. The molecule has 6 rings (SSSR count). The van der Waals surface area contributed by atoms with Crippen LogP contribution in [0.2, 0.25) is 0 Å². The zero-order valence-electron chi connectivity index (χ0n) is 22.3. The van der Waals surface area contributed by atoms with Crippen molar-refractivity contribution in [3.05, 3.63) is 95.3 Å². The third-order valence-corrected chi connectivity index (χ3v) is 11.9. The Morgan fingerprint density at radius 1 is 1.05 bits per heavy atom. The fraction of sp³-hybridized carbons (Fsp3) is 0.188. The number of ether oxygens (including phenoxy) is 1. The lowest BCUT2D eigenvalue weighted by Gasteiger charge is -2.14. The molecule has 4 nitrogen and oxygen atoms in total. The first-order valence-corrected chi connectivity index (χ1v) is 16.0. The number of methoxy groups -OCH3 is 1. The van der Waals surface area contributed by atoms with E-state index in [4.69, 9.17) is 4.74 Å². The van der Waals surface area contributed by atoms with Gasteiger partial charge in [0.15, 0.2) is 0 Å². The zero-order valence-corrected chi connectivity index (χ0v) is 24.9. The monoisotopic (exact) mass is 568 g/mol. The Morgan fingerprint density at radius 3 is 2.67 bits per heavy atom. The Balaban J connectivity index is 1.51. The van der Waals surface area contributed by atoms with Crippen LogP contribution in [0.25, 0.3) is 39.5 Å². The average molecular weight is 569 g/mol. The summed E-state index contributed by atoms with van der Waals surface area (Å²) in [6.45, 7) is 0. The highest BCUT2D eigenvalue weighted by atomic mass is 32.2. The van der Waals surface area contributed by atoms with Crippen molar-refractivity contribution >= 4 is 54.6 Å². The van der Waals surface area contributed by atoms with Gasteiger partial charge in [0.25, 0.3) is 0 Å². The molecule has 3 aromatic carbocycles. The summed E-state index contributed by atoms with van der Waals surface area (Å²) in [4.78, 5) is 1.40. The Hall–Kier alpha value is -3.05. The van der Waals surface area contributed by atoms with Gasteiger partial charge in [0.1, 0.15) is 12.8 Å². The van der Waals surface area contributed by atoms with Gasteiger partial charge in [-0.3, -0.25) is 4.68 Å². The van der Waals surface area contributed by atoms with Gasteiger partial charge in [0.05, 0.1) is 18.2 Å². The topological polar surface area (TPSA) is 30.9 Å². The Bertz CT molecular complexity index is 1710. The van der Waals surface area contributed by atoms with E-state index in [0.29, 0.717) is 0 Å². The first kappa shape index (κ1) is 26.2. The Morgan fingerprint density at radius 2 is 1.87 bits per heavy atom. The first-order valence-electron chi connectivity index (χ1n) is 13.0. The molecule has 1 unspecified atom stereocenters. The van der Waals surface area contributed by atoms with Crippen molar-refractivity contribution in [2.75, 3.05) is 19.0 Å². The van der Waals surface area contributed by atoms with Gasteiger partial charge in [-0.25, -0.2) is 0 Å². The van der Waals surface area contributed by atoms with Crippen LogP contribution in [0.15, 0.2) is 94.6 Å². The average Bonchev–Trinajstić information content (AvgIpc) is 3.56. The van der Waals surface area contributed by atoms with E-state index < -0.39 is 0 Å². The van der Waals surface area contributed by atoms with Gasteiger partial charge in [-0.15, -0.1) is 0 Å². The van der Waals surface area contributed by atoms with E-state index in [1.807, 2.05) is 41.8 Å². The predicted octanol–water partition coefficient (Wildman–Crippen LogP) is 7.27. The molecule has 39 heavy (non-hydrogen) atoms. The van der Waals surface area contributed by atoms with Crippen LogP contribution in [0.4, 0.5) is 0 Å². The van der Waals surface area contributed by atoms with Crippen LogP contribution in [-0.4, -0.2) is 28.8 Å². The van der Waals surface area contributed by atoms with Crippen LogP contribution in [0.1, 0.15) is 12.0 Å². The summed E-state index contributed by atoms with van der Waals surface area (Å²) in [5.41, 5.74) is 6.63. The highest BCUT2D eigenvalue weighted by Gasteiger charge is 2.28. The molecule has 0 aliphatic carbocycles. The number of para-hydroxylation sites is 1. The number of fused-ring (bicyclic) bond motifs is 2. The second kappa shape index (κ2) is 11.2.